The average molecular weight is 376 g/mol. The highest BCUT2D eigenvalue weighted by Gasteiger charge is 2.52. The van der Waals surface area contributed by atoms with Crippen LogP contribution < -0.4 is 5.32 Å². The summed E-state index contributed by atoms with van der Waals surface area (Å²) in [5.41, 5.74) is -0.822. The van der Waals surface area contributed by atoms with Crippen molar-refractivity contribution in [1.82, 2.24) is 5.32 Å². The molecule has 8 heteroatoms. The van der Waals surface area contributed by atoms with Crippen LogP contribution in [0.1, 0.15) is 38.8 Å². The van der Waals surface area contributed by atoms with Gasteiger partial charge in [0.1, 0.15) is 0 Å². The lowest BCUT2D eigenvalue weighted by atomic mass is 9.77. The zero-order chi connectivity index (χ0) is 19.0. The van der Waals surface area contributed by atoms with Gasteiger partial charge in [-0.05, 0) is 57.9 Å². The quantitative estimate of drug-likeness (QED) is 0.781. The number of alkyl halides is 3. The molecule has 0 aromatic heterocycles. The molecule has 0 saturated carbocycles. The van der Waals surface area contributed by atoms with Crippen molar-refractivity contribution in [2.75, 3.05) is 13.6 Å². The Morgan fingerprint density at radius 2 is 1.76 bits per heavy atom. The normalized spacial score (nSPS) is 20.2. The maximum Gasteiger partial charge on any atom is 0.491 e. The highest BCUT2D eigenvalue weighted by molar-refractivity contribution is 6.55. The summed E-state index contributed by atoms with van der Waals surface area (Å²) in [5, 5.41) is 2.68. The molecule has 0 radical (unpaired) electrons. The Hall–Kier alpha value is -1.02. The molecule has 0 atom stereocenters. The van der Waals surface area contributed by atoms with E-state index in [1.54, 1.807) is 19.2 Å². The molecular weight excluding hydrogens is 353 g/mol. The van der Waals surface area contributed by atoms with E-state index in [4.69, 9.17) is 20.9 Å². The minimum Gasteiger partial charge on any atom is -0.400 e. The van der Waals surface area contributed by atoms with E-state index in [0.717, 1.165) is 6.07 Å². The number of nitrogens with one attached hydrogen (secondary N) is 1. The van der Waals surface area contributed by atoms with Gasteiger partial charge in [-0.25, -0.2) is 0 Å². The van der Waals surface area contributed by atoms with Gasteiger partial charge >= 0.3 is 13.3 Å². The average Bonchev–Trinajstić information content (AvgIpc) is 2.67. The van der Waals surface area contributed by atoms with Crippen molar-refractivity contribution in [3.8, 4) is 0 Å². The number of halogens is 4. The van der Waals surface area contributed by atoms with Crippen LogP contribution >= 0.6 is 11.6 Å². The van der Waals surface area contributed by atoms with Crippen molar-refractivity contribution in [1.29, 1.82) is 0 Å². The van der Waals surface area contributed by atoms with Gasteiger partial charge in [0.25, 0.3) is 0 Å². The molecule has 1 aliphatic rings. The number of likely N-dealkylation sites (N-methyl/N-ethyl adjacent to an activating group) is 1. The summed E-state index contributed by atoms with van der Waals surface area (Å²) < 4.78 is 51.1. The van der Waals surface area contributed by atoms with E-state index >= 15 is 0 Å². The summed E-state index contributed by atoms with van der Waals surface area (Å²) >= 11 is 5.68. The lowest BCUT2D eigenvalue weighted by Gasteiger charge is -2.32. The van der Waals surface area contributed by atoms with Crippen LogP contribution in [0.5, 0.6) is 0 Å². The van der Waals surface area contributed by atoms with Crippen LogP contribution in [0.3, 0.4) is 0 Å². The summed E-state index contributed by atoms with van der Waals surface area (Å²) in [6.07, 6.45) is -2.86. The molecule has 1 aliphatic heterocycles. The molecule has 1 aromatic rings. The first-order valence-corrected chi connectivity index (χ1v) is 8.32. The molecule has 1 fully saturated rings. The molecule has 3 nitrogen and oxygen atoms in total. The third-order valence-electron chi connectivity index (χ3n) is 4.58. The number of hydrogen-bond acceptors (Lipinski definition) is 3. The largest absolute Gasteiger partial charge is 0.491 e. The zero-order valence-corrected chi connectivity index (χ0v) is 15.7. The van der Waals surface area contributed by atoms with Gasteiger partial charge in [-0.2, -0.15) is 13.2 Å². The highest BCUT2D eigenvalue weighted by Crippen LogP contribution is 2.39. The Morgan fingerprint density at radius 3 is 2.24 bits per heavy atom. The second-order valence-corrected chi connectivity index (χ2v) is 7.48. The molecule has 0 unspecified atom stereocenters. The second-order valence-electron chi connectivity index (χ2n) is 7.07. The van der Waals surface area contributed by atoms with E-state index in [0.29, 0.717) is 17.6 Å². The van der Waals surface area contributed by atoms with E-state index in [9.17, 15) is 13.2 Å². The topological polar surface area (TPSA) is 30.5 Å². The van der Waals surface area contributed by atoms with Gasteiger partial charge < -0.3 is 14.6 Å². The maximum atomic E-state index is 13.1. The standard InChI is InChI=1S/C17H22BClF3NO2/c1-15(2)16(3,4)25-18(24-15)12(10-23-5)8-11-6-7-14(19)13(9-11)17(20,21)22/h6-9,23H,10H2,1-5H3. The van der Waals surface area contributed by atoms with Crippen molar-refractivity contribution in [3.63, 3.8) is 0 Å². The molecule has 2 rings (SSSR count). The molecule has 138 valence electrons. The number of rotatable bonds is 4. The molecule has 1 saturated heterocycles. The van der Waals surface area contributed by atoms with Gasteiger partial charge in [-0.3, -0.25) is 0 Å². The molecule has 1 N–H and O–H groups in total. The Labute approximate surface area is 151 Å². The fourth-order valence-corrected chi connectivity index (χ4v) is 2.69. The van der Waals surface area contributed by atoms with Gasteiger partial charge in [0, 0.05) is 6.54 Å². The lowest BCUT2D eigenvalue weighted by molar-refractivity contribution is -0.137. The van der Waals surface area contributed by atoms with E-state index in [1.165, 1.54) is 6.07 Å². The van der Waals surface area contributed by atoms with Gasteiger partial charge in [-0.15, -0.1) is 0 Å². The molecule has 0 spiro atoms. The maximum absolute atomic E-state index is 13.1. The van der Waals surface area contributed by atoms with Crippen molar-refractivity contribution in [2.24, 2.45) is 0 Å². The van der Waals surface area contributed by atoms with Crippen LogP contribution in [0, 0.1) is 0 Å². The second kappa shape index (κ2) is 6.95. The third kappa shape index (κ3) is 4.40. The van der Waals surface area contributed by atoms with Crippen LogP contribution in [0.4, 0.5) is 13.2 Å². The van der Waals surface area contributed by atoms with Gasteiger partial charge in [-0.1, -0.05) is 23.7 Å². The van der Waals surface area contributed by atoms with Crippen LogP contribution in [-0.2, 0) is 15.5 Å². The Balaban J connectivity index is 2.39. The molecule has 0 aliphatic carbocycles. The van der Waals surface area contributed by atoms with Crippen molar-refractivity contribution in [3.05, 3.63) is 39.8 Å². The molecule has 1 heterocycles. The highest BCUT2D eigenvalue weighted by atomic mass is 35.5. The summed E-state index contributed by atoms with van der Waals surface area (Å²) in [6.45, 7) is 8.12. The van der Waals surface area contributed by atoms with Crippen molar-refractivity contribution < 1.29 is 22.5 Å². The molecule has 1 aromatic carbocycles. The van der Waals surface area contributed by atoms with Crippen molar-refractivity contribution in [2.45, 2.75) is 45.1 Å². The first kappa shape index (κ1) is 20.3. The van der Waals surface area contributed by atoms with E-state index in [1.807, 2.05) is 27.7 Å². The van der Waals surface area contributed by atoms with E-state index in [-0.39, 0.29) is 5.02 Å². The smallest absolute Gasteiger partial charge is 0.400 e. The first-order valence-electron chi connectivity index (χ1n) is 7.95. The molecule has 0 bridgehead atoms. The third-order valence-corrected chi connectivity index (χ3v) is 4.91. The van der Waals surface area contributed by atoms with Crippen molar-refractivity contribution >= 4 is 24.8 Å². The summed E-state index contributed by atoms with van der Waals surface area (Å²) in [6, 6.07) is 3.82. The summed E-state index contributed by atoms with van der Waals surface area (Å²) in [5.74, 6) is 0. The lowest BCUT2D eigenvalue weighted by Crippen LogP contribution is -2.41. The van der Waals surface area contributed by atoms with E-state index < -0.39 is 30.1 Å². The van der Waals surface area contributed by atoms with Gasteiger partial charge in [0.2, 0.25) is 0 Å². The van der Waals surface area contributed by atoms with Crippen LogP contribution in [-0.4, -0.2) is 31.9 Å². The predicted octanol–water partition coefficient (Wildman–Crippen LogP) is 4.59. The minimum absolute atomic E-state index is 0.324. The van der Waals surface area contributed by atoms with Crippen LogP contribution in [0.25, 0.3) is 6.08 Å². The fourth-order valence-electron chi connectivity index (χ4n) is 2.46. The summed E-state index contributed by atoms with van der Waals surface area (Å²) in [7, 11) is 1.12. The molecule has 25 heavy (non-hydrogen) atoms. The van der Waals surface area contributed by atoms with Crippen LogP contribution in [0.2, 0.25) is 5.02 Å². The zero-order valence-electron chi connectivity index (χ0n) is 14.9. The first-order chi connectivity index (χ1) is 11.4. The van der Waals surface area contributed by atoms with E-state index in [2.05, 4.69) is 5.32 Å². The Bertz CT molecular complexity index is 658. The predicted molar refractivity (Wildman–Crippen MR) is 94.4 cm³/mol. The molecule has 0 amide bonds. The van der Waals surface area contributed by atoms with Crippen LogP contribution in [0.15, 0.2) is 23.7 Å². The Morgan fingerprint density at radius 1 is 1.20 bits per heavy atom. The number of benzene rings is 1. The summed E-state index contributed by atoms with van der Waals surface area (Å²) in [4.78, 5) is 0. The fraction of sp³-hybridized carbons (Fsp3) is 0.529. The number of hydrogen-bond donors (Lipinski definition) is 1. The molecular formula is C17H22BClF3NO2. The van der Waals surface area contributed by atoms with Gasteiger partial charge in [0.15, 0.2) is 0 Å². The monoisotopic (exact) mass is 375 g/mol. The SMILES string of the molecule is CNCC(=Cc1ccc(Cl)c(C(F)(F)F)c1)B1OC(C)(C)C(C)(C)O1. The van der Waals surface area contributed by atoms with Gasteiger partial charge in [0.05, 0.1) is 21.8 Å². The minimum atomic E-state index is -4.51. The Kier molecular flexibility index (Phi) is 5.64.